The van der Waals surface area contributed by atoms with Crippen LogP contribution in [0.1, 0.15) is 34.6 Å². The molecule has 98 valence electrons. The zero-order valence-electron chi connectivity index (χ0n) is 11.6. The molecule has 1 aromatic heterocycles. The third-order valence-electron chi connectivity index (χ3n) is 1.86. The number of nitrogens with one attached hydrogen (secondary N) is 1. The van der Waals surface area contributed by atoms with Gasteiger partial charge in [0.25, 0.3) is 5.69 Å². The Kier molecular flexibility index (Phi) is 4.83. The summed E-state index contributed by atoms with van der Waals surface area (Å²) < 4.78 is 5.09. The van der Waals surface area contributed by atoms with Gasteiger partial charge in [0.05, 0.1) is 5.10 Å². The van der Waals surface area contributed by atoms with Crippen LogP contribution in [0, 0.1) is 0 Å². The van der Waals surface area contributed by atoms with Crippen molar-refractivity contribution < 1.29 is 9.32 Å². The Bertz CT molecular complexity index is 459. The Morgan fingerprint density at radius 2 is 1.72 bits per heavy atom. The van der Waals surface area contributed by atoms with E-state index >= 15 is 0 Å². The molecule has 5 heteroatoms. The molecule has 1 N–H and O–H groups in total. The second-order valence-corrected chi connectivity index (χ2v) is 4.58. The molecular formula is C13H21N4O+. The van der Waals surface area contributed by atoms with Crippen LogP contribution in [-0.2, 0) is 0 Å². The molecule has 1 aromatic carbocycles. The average molecular weight is 249 g/mol. The third-order valence-corrected chi connectivity index (χ3v) is 1.86. The van der Waals surface area contributed by atoms with E-state index in [4.69, 9.17) is 4.52 Å². The lowest BCUT2D eigenvalue weighted by Gasteiger charge is -2.16. The first-order chi connectivity index (χ1) is 8.54. The van der Waals surface area contributed by atoms with Crippen molar-refractivity contribution >= 4 is 6.01 Å². The molecular weight excluding hydrogens is 228 g/mol. The molecule has 2 rings (SSSR count). The van der Waals surface area contributed by atoms with E-state index in [1.165, 1.54) is 4.80 Å². The lowest BCUT2D eigenvalue weighted by Crippen LogP contribution is -2.36. The summed E-state index contributed by atoms with van der Waals surface area (Å²) in [5.74, 6) is 0. The van der Waals surface area contributed by atoms with Gasteiger partial charge < -0.3 is 5.32 Å². The fourth-order valence-electron chi connectivity index (χ4n) is 1.23. The second-order valence-electron chi connectivity index (χ2n) is 4.58. The average Bonchev–Trinajstić information content (AvgIpc) is 2.79. The highest BCUT2D eigenvalue weighted by molar-refractivity contribution is 5.22. The van der Waals surface area contributed by atoms with Crippen LogP contribution < -0.4 is 10.1 Å². The van der Waals surface area contributed by atoms with Crippen molar-refractivity contribution in [1.29, 1.82) is 0 Å². The lowest BCUT2D eigenvalue weighted by atomic mass is 10.1. The second kappa shape index (κ2) is 6.14. The van der Waals surface area contributed by atoms with Crippen molar-refractivity contribution in [3.8, 4) is 5.69 Å². The summed E-state index contributed by atoms with van der Waals surface area (Å²) in [5.41, 5.74) is 0.773. The molecule has 0 aliphatic rings. The molecule has 0 radical (unpaired) electrons. The first-order valence-corrected chi connectivity index (χ1v) is 6.14. The van der Waals surface area contributed by atoms with Crippen molar-refractivity contribution in [2.24, 2.45) is 0 Å². The molecule has 5 nitrogen and oxygen atoms in total. The Labute approximate surface area is 108 Å². The van der Waals surface area contributed by atoms with Crippen LogP contribution in [0.5, 0.6) is 0 Å². The predicted molar refractivity (Wildman–Crippen MR) is 70.6 cm³/mol. The molecule has 0 atom stereocenters. The molecule has 0 aliphatic heterocycles. The Hall–Kier alpha value is -1.91. The highest BCUT2D eigenvalue weighted by Gasteiger charge is 2.20. The van der Waals surface area contributed by atoms with Gasteiger partial charge in [-0.2, -0.15) is 0 Å². The fourth-order valence-corrected chi connectivity index (χ4v) is 1.23. The van der Waals surface area contributed by atoms with Gasteiger partial charge in [0, 0.05) is 17.7 Å². The largest absolute Gasteiger partial charge is 0.389 e. The number of hydrogen-bond acceptors (Lipinski definition) is 4. The normalized spacial score (nSPS) is 10.5. The van der Waals surface area contributed by atoms with Crippen molar-refractivity contribution in [3.05, 3.63) is 30.3 Å². The topological polar surface area (TPSA) is 54.8 Å². The summed E-state index contributed by atoms with van der Waals surface area (Å²) in [6, 6.07) is 10.0. The summed E-state index contributed by atoms with van der Waals surface area (Å²) in [6.07, 6.45) is 0. The molecule has 0 amide bonds. The van der Waals surface area contributed by atoms with E-state index in [-0.39, 0.29) is 5.54 Å². The smallest absolute Gasteiger partial charge is 0.328 e. The van der Waals surface area contributed by atoms with Gasteiger partial charge in [0.2, 0.25) is 5.27 Å². The maximum Gasteiger partial charge on any atom is 0.389 e. The molecule has 0 fully saturated rings. The summed E-state index contributed by atoms with van der Waals surface area (Å²) in [6.45, 7) is 10.1. The zero-order chi connectivity index (χ0) is 13.6. The summed E-state index contributed by atoms with van der Waals surface area (Å²) in [4.78, 5) is 1.45. The van der Waals surface area contributed by atoms with Crippen molar-refractivity contribution in [2.45, 2.75) is 40.2 Å². The van der Waals surface area contributed by atoms with Crippen LogP contribution in [-0.4, -0.2) is 15.9 Å². The molecule has 0 aliphatic carbocycles. The predicted octanol–water partition coefficient (Wildman–Crippen LogP) is 2.58. The van der Waals surface area contributed by atoms with E-state index in [1.807, 2.05) is 65.0 Å². The molecule has 0 bridgehead atoms. The number of nitrogens with zero attached hydrogens (tertiary/aromatic N) is 3. The first kappa shape index (κ1) is 14.2. The first-order valence-electron chi connectivity index (χ1n) is 6.14. The lowest BCUT2D eigenvalue weighted by molar-refractivity contribution is -0.724. The number of benzene rings is 1. The maximum absolute atomic E-state index is 5.09. The van der Waals surface area contributed by atoms with E-state index in [9.17, 15) is 0 Å². The van der Waals surface area contributed by atoms with Crippen LogP contribution in [0.25, 0.3) is 5.69 Å². The van der Waals surface area contributed by atoms with Gasteiger partial charge in [-0.1, -0.05) is 32.0 Å². The van der Waals surface area contributed by atoms with Crippen LogP contribution in [0.4, 0.5) is 6.01 Å². The van der Waals surface area contributed by atoms with Crippen LogP contribution in [0.2, 0.25) is 0 Å². The molecule has 18 heavy (non-hydrogen) atoms. The van der Waals surface area contributed by atoms with Crippen LogP contribution in [0.15, 0.2) is 34.9 Å². The quantitative estimate of drug-likeness (QED) is 0.831. The van der Waals surface area contributed by atoms with Gasteiger partial charge in [-0.05, 0) is 20.8 Å². The van der Waals surface area contributed by atoms with E-state index in [0.717, 1.165) is 5.69 Å². The SMILES string of the molecule is CC.CC(C)(C)Nc1n[n+](-c2ccccc2)no1. The monoisotopic (exact) mass is 249 g/mol. The molecule has 0 unspecified atom stereocenters. The molecule has 0 saturated heterocycles. The molecule has 0 spiro atoms. The zero-order valence-corrected chi connectivity index (χ0v) is 11.6. The Morgan fingerprint density at radius 3 is 2.28 bits per heavy atom. The van der Waals surface area contributed by atoms with Crippen LogP contribution in [0.3, 0.4) is 0 Å². The van der Waals surface area contributed by atoms with E-state index in [2.05, 4.69) is 15.7 Å². The number of para-hydroxylation sites is 1. The standard InChI is InChI=1S/C11H15N4O.C2H6/c1-11(2,3)12-10-13-15(14-16-10)9-7-5-4-6-8-9;1-2/h4-8H,1-3H3,(H,12,13,14);1-2H3/q+1;. The van der Waals surface area contributed by atoms with Crippen molar-refractivity contribution in [3.63, 3.8) is 0 Å². The van der Waals surface area contributed by atoms with Gasteiger partial charge >= 0.3 is 6.01 Å². The van der Waals surface area contributed by atoms with Gasteiger partial charge in [-0.25, -0.2) is 0 Å². The maximum atomic E-state index is 5.09. The minimum Gasteiger partial charge on any atom is -0.328 e. The van der Waals surface area contributed by atoms with Crippen LogP contribution >= 0.6 is 0 Å². The number of rotatable bonds is 2. The summed E-state index contributed by atoms with van der Waals surface area (Å²) in [5, 5.41) is 11.1. The number of aromatic nitrogens is 3. The number of hydrogen-bond donors (Lipinski definition) is 1. The minimum atomic E-state index is -0.0962. The molecule has 2 aromatic rings. The van der Waals surface area contributed by atoms with E-state index in [0.29, 0.717) is 6.01 Å². The van der Waals surface area contributed by atoms with Gasteiger partial charge in [-0.15, -0.1) is 0 Å². The van der Waals surface area contributed by atoms with Crippen molar-refractivity contribution in [1.82, 2.24) is 10.4 Å². The number of anilines is 1. The third kappa shape index (κ3) is 4.16. The Balaban J connectivity index is 0.000000771. The fraction of sp³-hybridized carbons (Fsp3) is 0.462. The molecule has 1 heterocycles. The van der Waals surface area contributed by atoms with E-state index in [1.54, 1.807) is 0 Å². The van der Waals surface area contributed by atoms with Gasteiger partial charge in [0.1, 0.15) is 4.80 Å². The Morgan fingerprint density at radius 1 is 1.11 bits per heavy atom. The summed E-state index contributed by atoms with van der Waals surface area (Å²) >= 11 is 0. The van der Waals surface area contributed by atoms with E-state index < -0.39 is 0 Å². The van der Waals surface area contributed by atoms with Crippen molar-refractivity contribution in [2.75, 3.05) is 5.32 Å². The summed E-state index contributed by atoms with van der Waals surface area (Å²) in [7, 11) is 0. The molecule has 0 saturated carbocycles. The highest BCUT2D eigenvalue weighted by Crippen LogP contribution is 2.09. The highest BCUT2D eigenvalue weighted by atomic mass is 16.5. The van der Waals surface area contributed by atoms with Gasteiger partial charge in [-0.3, -0.25) is 4.52 Å². The van der Waals surface area contributed by atoms with Gasteiger partial charge in [0.15, 0.2) is 0 Å². The minimum absolute atomic E-state index is 0.0962.